The van der Waals surface area contributed by atoms with Crippen molar-refractivity contribution in [2.24, 2.45) is 0 Å². The predicted molar refractivity (Wildman–Crippen MR) is 109 cm³/mol. The van der Waals surface area contributed by atoms with Crippen LogP contribution in [0.15, 0.2) is 18.2 Å². The van der Waals surface area contributed by atoms with Crippen molar-refractivity contribution in [1.82, 2.24) is 10.6 Å². The Bertz CT molecular complexity index is 760. The van der Waals surface area contributed by atoms with E-state index in [-0.39, 0.29) is 24.6 Å². The third-order valence-corrected chi connectivity index (χ3v) is 4.58. The summed E-state index contributed by atoms with van der Waals surface area (Å²) >= 11 is 0. The number of carbonyl (C=O) groups is 2. The second-order valence-corrected chi connectivity index (χ2v) is 8.39. The number of nitrogens with zero attached hydrogens (tertiary/aromatic N) is 1. The van der Waals surface area contributed by atoms with Crippen molar-refractivity contribution in [2.45, 2.75) is 58.2 Å². The van der Waals surface area contributed by atoms with Gasteiger partial charge in [0.25, 0.3) is 5.91 Å². The van der Waals surface area contributed by atoms with Crippen LogP contribution in [0, 0.1) is 0 Å². The number of hydrogen-bond donors (Lipinski definition) is 2. The van der Waals surface area contributed by atoms with Gasteiger partial charge in [0.05, 0.1) is 6.42 Å². The third-order valence-electron chi connectivity index (χ3n) is 4.58. The number of ether oxygens (including phenoxy) is 1. The van der Waals surface area contributed by atoms with Crippen molar-refractivity contribution in [3.05, 3.63) is 29.3 Å². The SMILES string of the molecule is CCCNC(=O)c1cccc2c1C(CC(F)(F)F)CN2CCNC(=O)OC(C)(C)C. The molecule has 2 rings (SSSR count). The van der Waals surface area contributed by atoms with Crippen molar-refractivity contribution >= 4 is 17.7 Å². The molecule has 2 amide bonds. The number of anilines is 1. The molecule has 0 aliphatic carbocycles. The van der Waals surface area contributed by atoms with Crippen molar-refractivity contribution < 1.29 is 27.5 Å². The van der Waals surface area contributed by atoms with Gasteiger partial charge < -0.3 is 20.3 Å². The van der Waals surface area contributed by atoms with E-state index in [0.717, 1.165) is 6.42 Å². The smallest absolute Gasteiger partial charge is 0.407 e. The molecule has 0 aromatic heterocycles. The molecule has 1 atom stereocenters. The molecule has 168 valence electrons. The molecule has 1 aliphatic heterocycles. The van der Waals surface area contributed by atoms with Gasteiger partial charge in [-0.05, 0) is 44.9 Å². The summed E-state index contributed by atoms with van der Waals surface area (Å²) in [6.45, 7) is 8.24. The fourth-order valence-corrected chi connectivity index (χ4v) is 3.51. The number of amides is 2. The van der Waals surface area contributed by atoms with Crippen LogP contribution in [0.5, 0.6) is 0 Å². The Morgan fingerprint density at radius 1 is 1.17 bits per heavy atom. The molecule has 1 aromatic carbocycles. The van der Waals surface area contributed by atoms with Gasteiger partial charge in [0.2, 0.25) is 0 Å². The van der Waals surface area contributed by atoms with Crippen LogP contribution in [0.25, 0.3) is 0 Å². The quantitative estimate of drug-likeness (QED) is 0.681. The first kappa shape index (κ1) is 23.8. The lowest BCUT2D eigenvalue weighted by Gasteiger charge is -2.22. The molecule has 0 saturated heterocycles. The minimum atomic E-state index is -4.35. The first-order chi connectivity index (χ1) is 13.9. The summed E-state index contributed by atoms with van der Waals surface area (Å²) in [5, 5.41) is 5.37. The van der Waals surface area contributed by atoms with Crippen molar-refractivity contribution in [3.8, 4) is 0 Å². The number of halogens is 3. The van der Waals surface area contributed by atoms with Gasteiger partial charge in [0, 0.05) is 43.3 Å². The van der Waals surface area contributed by atoms with Gasteiger partial charge in [-0.1, -0.05) is 13.0 Å². The van der Waals surface area contributed by atoms with Gasteiger partial charge in [-0.2, -0.15) is 13.2 Å². The fraction of sp³-hybridized carbons (Fsp3) is 0.619. The number of rotatable bonds is 7. The summed E-state index contributed by atoms with van der Waals surface area (Å²) < 4.78 is 44.7. The lowest BCUT2D eigenvalue weighted by molar-refractivity contribution is -0.138. The van der Waals surface area contributed by atoms with E-state index in [0.29, 0.717) is 24.3 Å². The molecule has 1 aliphatic rings. The number of hydrogen-bond acceptors (Lipinski definition) is 4. The van der Waals surface area contributed by atoms with Crippen LogP contribution in [0.2, 0.25) is 0 Å². The van der Waals surface area contributed by atoms with Crippen molar-refractivity contribution in [2.75, 3.05) is 31.1 Å². The van der Waals surface area contributed by atoms with Crippen LogP contribution in [-0.2, 0) is 4.74 Å². The number of benzene rings is 1. The number of nitrogens with one attached hydrogen (secondary N) is 2. The highest BCUT2D eigenvalue weighted by Gasteiger charge is 2.40. The second kappa shape index (κ2) is 9.57. The highest BCUT2D eigenvalue weighted by atomic mass is 19.4. The minimum absolute atomic E-state index is 0.128. The Hall–Kier alpha value is -2.45. The van der Waals surface area contributed by atoms with Crippen LogP contribution in [0.3, 0.4) is 0 Å². The zero-order valence-electron chi connectivity index (χ0n) is 17.9. The van der Waals surface area contributed by atoms with Crippen molar-refractivity contribution in [3.63, 3.8) is 0 Å². The minimum Gasteiger partial charge on any atom is -0.444 e. The molecule has 0 radical (unpaired) electrons. The van der Waals surface area contributed by atoms with Gasteiger partial charge in [-0.15, -0.1) is 0 Å². The zero-order valence-corrected chi connectivity index (χ0v) is 17.9. The maximum atomic E-state index is 13.2. The predicted octanol–water partition coefficient (Wildman–Crippen LogP) is 4.21. The van der Waals surface area contributed by atoms with E-state index in [2.05, 4.69) is 10.6 Å². The van der Waals surface area contributed by atoms with Crippen LogP contribution in [0.4, 0.5) is 23.7 Å². The van der Waals surface area contributed by atoms with Gasteiger partial charge in [0.1, 0.15) is 5.60 Å². The molecule has 1 aromatic rings. The first-order valence-corrected chi connectivity index (χ1v) is 10.1. The molecule has 6 nitrogen and oxygen atoms in total. The number of alkyl halides is 3. The van der Waals surface area contributed by atoms with E-state index in [1.807, 2.05) is 6.92 Å². The standard InChI is InChI=1S/C21H30F3N3O3/c1-5-9-25-18(28)15-7-6-8-16-17(15)14(12-21(22,23)24)13-27(16)11-10-26-19(29)30-20(2,3)4/h6-8,14H,5,9-13H2,1-4H3,(H,25,28)(H,26,29). The summed E-state index contributed by atoms with van der Waals surface area (Å²) in [7, 11) is 0. The lowest BCUT2D eigenvalue weighted by atomic mass is 9.92. The Balaban J connectivity index is 2.18. The number of alkyl carbamates (subject to hydrolysis) is 1. The summed E-state index contributed by atoms with van der Waals surface area (Å²) in [6.07, 6.45) is -5.20. The summed E-state index contributed by atoms with van der Waals surface area (Å²) in [5.74, 6) is -1.21. The Labute approximate surface area is 175 Å². The van der Waals surface area contributed by atoms with Crippen LogP contribution in [0.1, 0.15) is 62.4 Å². The Kier molecular flexibility index (Phi) is 7.60. The lowest BCUT2D eigenvalue weighted by Crippen LogP contribution is -2.37. The largest absolute Gasteiger partial charge is 0.444 e. The molecule has 30 heavy (non-hydrogen) atoms. The average molecular weight is 429 g/mol. The van der Waals surface area contributed by atoms with Crippen molar-refractivity contribution in [1.29, 1.82) is 0 Å². The van der Waals surface area contributed by atoms with Gasteiger partial charge in [-0.3, -0.25) is 4.79 Å². The highest BCUT2D eigenvalue weighted by Crippen LogP contribution is 2.43. The Morgan fingerprint density at radius 3 is 2.47 bits per heavy atom. The molecule has 1 heterocycles. The fourth-order valence-electron chi connectivity index (χ4n) is 3.51. The summed E-state index contributed by atoms with van der Waals surface area (Å²) in [5.41, 5.74) is 0.654. The highest BCUT2D eigenvalue weighted by molar-refractivity contribution is 5.98. The zero-order chi connectivity index (χ0) is 22.5. The first-order valence-electron chi connectivity index (χ1n) is 10.1. The van der Waals surface area contributed by atoms with Gasteiger partial charge in [0.15, 0.2) is 0 Å². The molecular weight excluding hydrogens is 399 g/mol. The topological polar surface area (TPSA) is 70.7 Å². The summed E-state index contributed by atoms with van der Waals surface area (Å²) in [6, 6.07) is 4.95. The molecular formula is C21H30F3N3O3. The maximum Gasteiger partial charge on any atom is 0.407 e. The second-order valence-electron chi connectivity index (χ2n) is 8.39. The molecule has 0 spiro atoms. The van der Waals surface area contributed by atoms with E-state index in [9.17, 15) is 22.8 Å². The molecule has 0 saturated carbocycles. The number of fused-ring (bicyclic) bond motifs is 1. The molecule has 9 heteroatoms. The number of carbonyl (C=O) groups excluding carboxylic acids is 2. The van der Waals surface area contributed by atoms with E-state index in [1.54, 1.807) is 43.9 Å². The van der Waals surface area contributed by atoms with Gasteiger partial charge in [-0.25, -0.2) is 4.79 Å². The maximum absolute atomic E-state index is 13.2. The molecule has 0 bridgehead atoms. The van der Waals surface area contributed by atoms with E-state index >= 15 is 0 Å². The monoisotopic (exact) mass is 429 g/mol. The van der Waals surface area contributed by atoms with Gasteiger partial charge >= 0.3 is 12.3 Å². The molecule has 2 N–H and O–H groups in total. The van der Waals surface area contributed by atoms with E-state index in [1.165, 1.54) is 0 Å². The van der Waals surface area contributed by atoms with Crippen LogP contribution in [-0.4, -0.2) is 50.0 Å². The molecule has 1 unspecified atom stereocenters. The van der Waals surface area contributed by atoms with Crippen LogP contribution >= 0.6 is 0 Å². The average Bonchev–Trinajstić information content (AvgIpc) is 2.94. The third kappa shape index (κ3) is 6.81. The molecule has 0 fully saturated rings. The van der Waals surface area contributed by atoms with E-state index < -0.39 is 30.2 Å². The Morgan fingerprint density at radius 2 is 1.87 bits per heavy atom. The van der Waals surface area contributed by atoms with Crippen LogP contribution < -0.4 is 15.5 Å². The summed E-state index contributed by atoms with van der Waals surface area (Å²) in [4.78, 5) is 26.1. The normalized spacial score (nSPS) is 16.2. The van der Waals surface area contributed by atoms with E-state index in [4.69, 9.17) is 4.74 Å².